The van der Waals surface area contributed by atoms with Crippen LogP contribution in [-0.2, 0) is 22.4 Å². The first-order valence-corrected chi connectivity index (χ1v) is 13.2. The zero-order valence-electron chi connectivity index (χ0n) is 23.1. The van der Waals surface area contributed by atoms with Crippen molar-refractivity contribution in [1.82, 2.24) is 10.2 Å². The van der Waals surface area contributed by atoms with Gasteiger partial charge in [-0.15, -0.1) is 0 Å². The second-order valence-electron chi connectivity index (χ2n) is 10.2. The summed E-state index contributed by atoms with van der Waals surface area (Å²) in [7, 11) is 0. The van der Waals surface area contributed by atoms with Crippen LogP contribution in [0.2, 0.25) is 0 Å². The number of halogens is 6. The molecule has 232 valence electrons. The minimum absolute atomic E-state index is 0.0301. The predicted molar refractivity (Wildman–Crippen MR) is 138 cm³/mol. The molecule has 0 spiro atoms. The van der Waals surface area contributed by atoms with Gasteiger partial charge in [-0.05, 0) is 68.0 Å². The van der Waals surface area contributed by atoms with E-state index in [9.17, 15) is 51.3 Å². The fraction of sp³-hybridized carbons (Fsp3) is 0.500. The normalized spacial score (nSPS) is 18.8. The third-order valence-corrected chi connectivity index (χ3v) is 7.40. The molecule has 0 aromatic heterocycles. The van der Waals surface area contributed by atoms with Crippen molar-refractivity contribution in [2.75, 3.05) is 6.61 Å². The maximum Gasteiger partial charge on any atom is 0.430 e. The number of phenolic OH excluding ortho intramolecular Hbond substituents is 2. The molecule has 42 heavy (non-hydrogen) atoms. The number of hydrogen-bond donors (Lipinski definition) is 4. The fourth-order valence-corrected chi connectivity index (χ4v) is 5.01. The van der Waals surface area contributed by atoms with Crippen molar-refractivity contribution < 1.29 is 56.0 Å². The highest BCUT2D eigenvalue weighted by Crippen LogP contribution is 2.50. The van der Waals surface area contributed by atoms with Crippen molar-refractivity contribution >= 4 is 11.9 Å². The van der Waals surface area contributed by atoms with Gasteiger partial charge in [0.15, 0.2) is 11.5 Å². The standard InChI is InChI=1S/C28H32F6N2O6/c1-4-7-17-14-19(26(41,27(29,30)31)28(32,33)34)10-12-22(17)42-13-6-8-16(3)36-23(39)25(5-2,35-24(36)40)18-9-11-20(37)21(38)15-18/h9-12,14-16,37-38,41H,4-8,13H2,1-3H3,(H,35,40). The number of ether oxygens (including phenoxy) is 1. The quantitative estimate of drug-likeness (QED) is 0.112. The zero-order chi connectivity index (χ0) is 31.7. The smallest absolute Gasteiger partial charge is 0.430 e. The summed E-state index contributed by atoms with van der Waals surface area (Å²) in [6, 6.07) is 4.66. The van der Waals surface area contributed by atoms with Crippen LogP contribution in [0, 0.1) is 0 Å². The van der Waals surface area contributed by atoms with Gasteiger partial charge in [0, 0.05) is 11.6 Å². The molecule has 1 saturated heterocycles. The van der Waals surface area contributed by atoms with Crippen LogP contribution in [-0.4, -0.2) is 57.2 Å². The van der Waals surface area contributed by atoms with E-state index >= 15 is 0 Å². The third kappa shape index (κ3) is 5.81. The fourth-order valence-electron chi connectivity index (χ4n) is 5.01. The van der Waals surface area contributed by atoms with Crippen molar-refractivity contribution in [2.24, 2.45) is 0 Å². The van der Waals surface area contributed by atoms with Crippen molar-refractivity contribution in [1.29, 1.82) is 0 Å². The highest BCUT2D eigenvalue weighted by molar-refractivity contribution is 6.07. The summed E-state index contributed by atoms with van der Waals surface area (Å²) in [4.78, 5) is 27.3. The SMILES string of the molecule is CCCc1cc(C(O)(C(F)(F)F)C(F)(F)F)ccc1OCCCC(C)N1C(=O)NC(CC)(c2ccc(O)c(O)c2)C1=O. The van der Waals surface area contributed by atoms with Gasteiger partial charge in [0.2, 0.25) is 0 Å². The number of aliphatic hydroxyl groups is 1. The van der Waals surface area contributed by atoms with E-state index in [1.807, 2.05) is 0 Å². The van der Waals surface area contributed by atoms with E-state index in [0.717, 1.165) is 11.0 Å². The predicted octanol–water partition coefficient (Wildman–Crippen LogP) is 5.77. The Balaban J connectivity index is 1.72. The Morgan fingerprint density at radius 3 is 2.17 bits per heavy atom. The zero-order valence-corrected chi connectivity index (χ0v) is 23.1. The number of benzene rings is 2. The Labute approximate surface area is 237 Å². The first kappa shape index (κ1) is 32.8. The molecule has 14 heteroatoms. The Bertz CT molecular complexity index is 1300. The average Bonchev–Trinajstić information content (AvgIpc) is 3.17. The molecule has 2 atom stereocenters. The Morgan fingerprint density at radius 2 is 1.62 bits per heavy atom. The molecule has 3 rings (SSSR count). The number of alkyl halides is 6. The summed E-state index contributed by atoms with van der Waals surface area (Å²) >= 11 is 0. The Morgan fingerprint density at radius 1 is 0.976 bits per heavy atom. The monoisotopic (exact) mass is 606 g/mol. The van der Waals surface area contributed by atoms with Gasteiger partial charge in [0.1, 0.15) is 11.3 Å². The maximum absolute atomic E-state index is 13.4. The molecule has 0 aliphatic carbocycles. The van der Waals surface area contributed by atoms with E-state index in [0.29, 0.717) is 18.6 Å². The van der Waals surface area contributed by atoms with E-state index in [-0.39, 0.29) is 54.9 Å². The summed E-state index contributed by atoms with van der Waals surface area (Å²) in [5.74, 6) is -1.36. The van der Waals surface area contributed by atoms with Gasteiger partial charge in [0.25, 0.3) is 11.5 Å². The Hall–Kier alpha value is -3.68. The van der Waals surface area contributed by atoms with Gasteiger partial charge in [-0.1, -0.05) is 32.4 Å². The molecule has 0 radical (unpaired) electrons. The minimum atomic E-state index is -6.01. The van der Waals surface area contributed by atoms with Crippen LogP contribution in [0.5, 0.6) is 17.2 Å². The van der Waals surface area contributed by atoms with Crippen LogP contribution in [0.15, 0.2) is 36.4 Å². The van der Waals surface area contributed by atoms with E-state index in [2.05, 4.69) is 5.32 Å². The van der Waals surface area contributed by atoms with Gasteiger partial charge in [-0.2, -0.15) is 26.3 Å². The number of rotatable bonds is 11. The molecule has 0 saturated carbocycles. The number of carbonyl (C=O) groups excluding carboxylic acids is 2. The van der Waals surface area contributed by atoms with Gasteiger partial charge >= 0.3 is 18.4 Å². The average molecular weight is 607 g/mol. The first-order chi connectivity index (χ1) is 19.4. The topological polar surface area (TPSA) is 119 Å². The number of aryl methyl sites for hydroxylation is 1. The van der Waals surface area contributed by atoms with Crippen LogP contribution in [0.1, 0.15) is 63.1 Å². The summed E-state index contributed by atoms with van der Waals surface area (Å²) in [5.41, 5.74) is -7.54. The maximum atomic E-state index is 13.4. The minimum Gasteiger partial charge on any atom is -0.504 e. The molecular weight excluding hydrogens is 574 g/mol. The molecule has 1 fully saturated rings. The van der Waals surface area contributed by atoms with Crippen LogP contribution in [0.4, 0.5) is 31.1 Å². The molecule has 1 heterocycles. The molecule has 4 N–H and O–H groups in total. The second kappa shape index (κ2) is 11.9. The number of urea groups is 1. The van der Waals surface area contributed by atoms with E-state index < -0.39 is 52.8 Å². The first-order valence-electron chi connectivity index (χ1n) is 13.2. The van der Waals surface area contributed by atoms with E-state index in [1.54, 1.807) is 20.8 Å². The molecule has 2 aromatic carbocycles. The summed E-state index contributed by atoms with van der Waals surface area (Å²) in [5, 5.41) is 31.9. The van der Waals surface area contributed by atoms with E-state index in [1.165, 1.54) is 18.2 Å². The third-order valence-electron chi connectivity index (χ3n) is 7.40. The van der Waals surface area contributed by atoms with Crippen molar-refractivity contribution in [3.8, 4) is 17.2 Å². The van der Waals surface area contributed by atoms with Crippen LogP contribution in [0.25, 0.3) is 0 Å². The van der Waals surface area contributed by atoms with Crippen LogP contribution in [0.3, 0.4) is 0 Å². The number of amides is 3. The highest BCUT2D eigenvalue weighted by atomic mass is 19.4. The Kier molecular flexibility index (Phi) is 9.30. The van der Waals surface area contributed by atoms with Crippen molar-refractivity contribution in [3.63, 3.8) is 0 Å². The number of imide groups is 1. The number of aromatic hydroxyl groups is 2. The lowest BCUT2D eigenvalue weighted by atomic mass is 9.86. The van der Waals surface area contributed by atoms with Gasteiger partial charge in [-0.3, -0.25) is 9.69 Å². The summed E-state index contributed by atoms with van der Waals surface area (Å²) < 4.78 is 85.7. The number of carbonyl (C=O) groups is 2. The lowest BCUT2D eigenvalue weighted by Crippen LogP contribution is -2.53. The van der Waals surface area contributed by atoms with Crippen molar-refractivity contribution in [3.05, 3.63) is 53.1 Å². The van der Waals surface area contributed by atoms with Crippen LogP contribution < -0.4 is 10.1 Å². The van der Waals surface area contributed by atoms with Gasteiger partial charge < -0.3 is 25.4 Å². The lowest BCUT2D eigenvalue weighted by Gasteiger charge is -2.33. The molecule has 1 aliphatic rings. The number of phenols is 2. The molecule has 2 unspecified atom stereocenters. The molecule has 3 amide bonds. The number of nitrogens with zero attached hydrogens (tertiary/aromatic N) is 1. The molecule has 2 aromatic rings. The van der Waals surface area contributed by atoms with E-state index in [4.69, 9.17) is 4.74 Å². The molecule has 8 nitrogen and oxygen atoms in total. The molecule has 1 aliphatic heterocycles. The van der Waals surface area contributed by atoms with Crippen LogP contribution >= 0.6 is 0 Å². The van der Waals surface area contributed by atoms with Gasteiger partial charge in [-0.25, -0.2) is 4.79 Å². The van der Waals surface area contributed by atoms with Gasteiger partial charge in [0.05, 0.1) is 6.61 Å². The second-order valence-corrected chi connectivity index (χ2v) is 10.2. The number of hydrogen-bond acceptors (Lipinski definition) is 6. The van der Waals surface area contributed by atoms with Crippen molar-refractivity contribution in [2.45, 2.75) is 82.4 Å². The lowest BCUT2D eigenvalue weighted by molar-refractivity contribution is -0.376. The summed E-state index contributed by atoms with van der Waals surface area (Å²) in [6.07, 6.45) is -10.9. The highest BCUT2D eigenvalue weighted by Gasteiger charge is 2.71. The summed E-state index contributed by atoms with van der Waals surface area (Å²) in [6.45, 7) is 4.95. The molecular formula is C28H32F6N2O6. The number of nitrogens with one attached hydrogen (secondary N) is 1. The molecule has 0 bridgehead atoms. The largest absolute Gasteiger partial charge is 0.504 e.